The molecule has 1 atom stereocenters. The first-order valence-electron chi connectivity index (χ1n) is 6.99. The van der Waals surface area contributed by atoms with Crippen molar-refractivity contribution in [3.8, 4) is 5.75 Å². The van der Waals surface area contributed by atoms with Crippen LogP contribution in [0.25, 0.3) is 0 Å². The van der Waals surface area contributed by atoms with Crippen LogP contribution in [0.2, 0.25) is 0 Å². The SMILES string of the molecule is COc1ccc(S(=O)(=O)NCCC2CCNC2)c(C)c1F. The fourth-order valence-electron chi connectivity index (χ4n) is 2.53. The predicted molar refractivity (Wildman–Crippen MR) is 78.5 cm³/mol. The van der Waals surface area contributed by atoms with Crippen molar-refractivity contribution in [2.24, 2.45) is 5.92 Å². The number of hydrogen-bond acceptors (Lipinski definition) is 4. The van der Waals surface area contributed by atoms with Crippen molar-refractivity contribution >= 4 is 10.0 Å². The van der Waals surface area contributed by atoms with Crippen LogP contribution in [0.1, 0.15) is 18.4 Å². The molecule has 0 amide bonds. The molecule has 0 aliphatic carbocycles. The van der Waals surface area contributed by atoms with Crippen molar-refractivity contribution in [2.75, 3.05) is 26.7 Å². The van der Waals surface area contributed by atoms with Crippen LogP contribution in [0.4, 0.5) is 4.39 Å². The monoisotopic (exact) mass is 316 g/mol. The molecule has 7 heteroatoms. The summed E-state index contributed by atoms with van der Waals surface area (Å²) in [7, 11) is -2.35. The summed E-state index contributed by atoms with van der Waals surface area (Å²) in [5, 5.41) is 3.24. The van der Waals surface area contributed by atoms with Crippen molar-refractivity contribution in [3.63, 3.8) is 0 Å². The lowest BCUT2D eigenvalue weighted by molar-refractivity contribution is 0.384. The van der Waals surface area contributed by atoms with E-state index in [2.05, 4.69) is 10.0 Å². The zero-order valence-corrected chi connectivity index (χ0v) is 13.1. The summed E-state index contributed by atoms with van der Waals surface area (Å²) in [6.45, 7) is 3.72. The molecular formula is C14H21FN2O3S. The average molecular weight is 316 g/mol. The van der Waals surface area contributed by atoms with Gasteiger partial charge in [-0.2, -0.15) is 0 Å². The Bertz CT molecular complexity index is 598. The normalized spacial score (nSPS) is 18.9. The molecule has 118 valence electrons. The summed E-state index contributed by atoms with van der Waals surface area (Å²) in [4.78, 5) is -0.0367. The van der Waals surface area contributed by atoms with Crippen molar-refractivity contribution in [1.29, 1.82) is 0 Å². The van der Waals surface area contributed by atoms with E-state index in [0.29, 0.717) is 12.5 Å². The second kappa shape index (κ2) is 6.72. The van der Waals surface area contributed by atoms with E-state index in [1.165, 1.54) is 26.2 Å². The Hall–Kier alpha value is -1.18. The fraction of sp³-hybridized carbons (Fsp3) is 0.571. The highest BCUT2D eigenvalue weighted by Gasteiger charge is 2.22. The molecule has 1 fully saturated rings. The van der Waals surface area contributed by atoms with Crippen LogP contribution in [0.5, 0.6) is 5.75 Å². The first-order chi connectivity index (χ1) is 9.95. The zero-order valence-electron chi connectivity index (χ0n) is 12.3. The minimum absolute atomic E-state index is 0.0367. The number of rotatable bonds is 6. The molecule has 0 radical (unpaired) electrons. The number of ether oxygens (including phenoxy) is 1. The molecular weight excluding hydrogens is 295 g/mol. The molecule has 1 aliphatic rings. The summed E-state index contributed by atoms with van der Waals surface area (Å²) in [6.07, 6.45) is 1.85. The molecule has 1 saturated heterocycles. The first kappa shape index (κ1) is 16.2. The third-order valence-corrected chi connectivity index (χ3v) is 5.42. The van der Waals surface area contributed by atoms with E-state index in [1.54, 1.807) is 0 Å². The van der Waals surface area contributed by atoms with E-state index in [0.717, 1.165) is 25.9 Å². The number of sulfonamides is 1. The molecule has 0 saturated carbocycles. The molecule has 1 aromatic rings. The fourth-order valence-corrected chi connectivity index (χ4v) is 3.81. The number of nitrogens with one attached hydrogen (secondary N) is 2. The van der Waals surface area contributed by atoms with Gasteiger partial charge in [-0.1, -0.05) is 0 Å². The minimum Gasteiger partial charge on any atom is -0.494 e. The smallest absolute Gasteiger partial charge is 0.240 e. The second-order valence-corrected chi connectivity index (χ2v) is 6.99. The molecule has 2 rings (SSSR count). The maximum Gasteiger partial charge on any atom is 0.240 e. The minimum atomic E-state index is -3.70. The third kappa shape index (κ3) is 3.72. The zero-order chi connectivity index (χ0) is 15.5. The Balaban J connectivity index is 2.06. The summed E-state index contributed by atoms with van der Waals surface area (Å²) in [5.41, 5.74) is 0.0735. The first-order valence-corrected chi connectivity index (χ1v) is 8.47. The standard InChI is InChI=1S/C14H21FN2O3S/c1-10-13(4-3-12(20-2)14(10)15)21(18,19)17-8-6-11-5-7-16-9-11/h3-4,11,16-17H,5-9H2,1-2H3. The number of halogens is 1. The van der Waals surface area contributed by atoms with Crippen LogP contribution < -0.4 is 14.8 Å². The van der Waals surface area contributed by atoms with Gasteiger partial charge in [0.15, 0.2) is 11.6 Å². The van der Waals surface area contributed by atoms with E-state index < -0.39 is 15.8 Å². The number of methoxy groups -OCH3 is 1. The van der Waals surface area contributed by atoms with E-state index in [4.69, 9.17) is 4.74 Å². The lowest BCUT2D eigenvalue weighted by Crippen LogP contribution is -2.27. The molecule has 0 aromatic heterocycles. The maximum atomic E-state index is 13.9. The molecule has 0 spiro atoms. The van der Waals surface area contributed by atoms with Crippen LogP contribution in [0.3, 0.4) is 0 Å². The van der Waals surface area contributed by atoms with Gasteiger partial charge < -0.3 is 10.1 Å². The van der Waals surface area contributed by atoms with Crippen molar-refractivity contribution < 1.29 is 17.5 Å². The van der Waals surface area contributed by atoms with Gasteiger partial charge in [0, 0.05) is 12.1 Å². The molecule has 1 aliphatic heterocycles. The Kier molecular flexibility index (Phi) is 5.18. The molecule has 1 aromatic carbocycles. The van der Waals surface area contributed by atoms with Gasteiger partial charge in [-0.05, 0) is 50.9 Å². The topological polar surface area (TPSA) is 67.4 Å². The van der Waals surface area contributed by atoms with Gasteiger partial charge in [-0.25, -0.2) is 17.5 Å². The number of hydrogen-bond donors (Lipinski definition) is 2. The van der Waals surface area contributed by atoms with Gasteiger partial charge >= 0.3 is 0 Å². The van der Waals surface area contributed by atoms with Gasteiger partial charge in [0.2, 0.25) is 10.0 Å². The van der Waals surface area contributed by atoms with Gasteiger partial charge in [-0.15, -0.1) is 0 Å². The Morgan fingerprint density at radius 2 is 2.24 bits per heavy atom. The van der Waals surface area contributed by atoms with Gasteiger partial charge in [0.25, 0.3) is 0 Å². The van der Waals surface area contributed by atoms with E-state index in [-0.39, 0.29) is 16.2 Å². The van der Waals surface area contributed by atoms with Crippen LogP contribution >= 0.6 is 0 Å². The summed E-state index contributed by atoms with van der Waals surface area (Å²) in [6, 6.07) is 2.70. The molecule has 5 nitrogen and oxygen atoms in total. The quantitative estimate of drug-likeness (QED) is 0.833. The Labute approximate surface area is 124 Å². The van der Waals surface area contributed by atoms with Crippen LogP contribution in [-0.4, -0.2) is 35.2 Å². The van der Waals surface area contributed by atoms with Gasteiger partial charge in [0.05, 0.1) is 12.0 Å². The molecule has 0 bridgehead atoms. The molecule has 1 heterocycles. The predicted octanol–water partition coefficient (Wildman–Crippen LogP) is 1.42. The van der Waals surface area contributed by atoms with E-state index in [1.807, 2.05) is 0 Å². The van der Waals surface area contributed by atoms with Gasteiger partial charge in [-0.3, -0.25) is 0 Å². The van der Waals surface area contributed by atoms with Crippen LogP contribution in [0.15, 0.2) is 17.0 Å². The lowest BCUT2D eigenvalue weighted by atomic mass is 10.1. The largest absolute Gasteiger partial charge is 0.494 e. The van der Waals surface area contributed by atoms with Crippen molar-refractivity contribution in [2.45, 2.75) is 24.7 Å². The molecule has 2 N–H and O–H groups in total. The Morgan fingerprint density at radius 1 is 1.48 bits per heavy atom. The van der Waals surface area contributed by atoms with E-state index >= 15 is 0 Å². The van der Waals surface area contributed by atoms with E-state index in [9.17, 15) is 12.8 Å². The average Bonchev–Trinajstić information content (AvgIpc) is 2.94. The van der Waals surface area contributed by atoms with Crippen LogP contribution in [0, 0.1) is 18.7 Å². The highest BCUT2D eigenvalue weighted by atomic mass is 32.2. The molecule has 21 heavy (non-hydrogen) atoms. The Morgan fingerprint density at radius 3 is 2.86 bits per heavy atom. The lowest BCUT2D eigenvalue weighted by Gasteiger charge is -2.13. The summed E-state index contributed by atoms with van der Waals surface area (Å²) < 4.78 is 45.8. The summed E-state index contributed by atoms with van der Waals surface area (Å²) >= 11 is 0. The van der Waals surface area contributed by atoms with Crippen molar-refractivity contribution in [1.82, 2.24) is 10.0 Å². The third-order valence-electron chi connectivity index (χ3n) is 3.82. The van der Waals surface area contributed by atoms with Gasteiger partial charge in [0.1, 0.15) is 0 Å². The summed E-state index contributed by atoms with van der Waals surface area (Å²) in [5.74, 6) is -0.0924. The van der Waals surface area contributed by atoms with Crippen molar-refractivity contribution in [3.05, 3.63) is 23.5 Å². The maximum absolute atomic E-state index is 13.9. The highest BCUT2D eigenvalue weighted by molar-refractivity contribution is 7.89. The van der Waals surface area contributed by atoms with Crippen LogP contribution in [-0.2, 0) is 10.0 Å². The number of benzene rings is 1. The second-order valence-electron chi connectivity index (χ2n) is 5.25. The molecule has 1 unspecified atom stereocenters. The highest BCUT2D eigenvalue weighted by Crippen LogP contribution is 2.26.